The van der Waals surface area contributed by atoms with Crippen LogP contribution in [0.2, 0.25) is 0 Å². The molecule has 4 heteroatoms. The van der Waals surface area contributed by atoms with Crippen LogP contribution < -0.4 is 5.73 Å². The number of anilines is 1. The van der Waals surface area contributed by atoms with E-state index in [4.69, 9.17) is 11.1 Å². The summed E-state index contributed by atoms with van der Waals surface area (Å²) in [6, 6.07) is 56.8. The highest BCUT2D eigenvalue weighted by molar-refractivity contribution is 7.26. The fourth-order valence-corrected chi connectivity index (χ4v) is 8.46. The molecule has 0 aliphatic heterocycles. The Hall–Kier alpha value is -5.55. The van der Waals surface area contributed by atoms with Gasteiger partial charge in [-0.3, -0.25) is 5.41 Å². The van der Waals surface area contributed by atoms with E-state index in [1.807, 2.05) is 24.3 Å². The van der Waals surface area contributed by atoms with Crippen LogP contribution in [0.15, 0.2) is 164 Å². The van der Waals surface area contributed by atoms with Gasteiger partial charge in [0.1, 0.15) is 0 Å². The molecule has 9 aromatic rings. The van der Waals surface area contributed by atoms with Crippen molar-refractivity contribution in [3.8, 4) is 22.3 Å². The van der Waals surface area contributed by atoms with Crippen molar-refractivity contribution in [3.05, 3.63) is 175 Å². The van der Waals surface area contributed by atoms with Crippen molar-refractivity contribution in [2.45, 2.75) is 0 Å². The molecule has 2 nitrogen and oxygen atoms in total. The maximum absolute atomic E-state index is 9.10. The largest absolute Gasteiger partial charge is 0.399 e. The Bertz CT molecular complexity index is 2490. The molecule has 0 saturated heterocycles. The van der Waals surface area contributed by atoms with Crippen molar-refractivity contribution in [1.82, 2.24) is 0 Å². The Labute approximate surface area is 281 Å². The topological polar surface area (TPSA) is 49.9 Å². The van der Waals surface area contributed by atoms with Gasteiger partial charge in [-0.1, -0.05) is 115 Å². The van der Waals surface area contributed by atoms with Gasteiger partial charge in [0.25, 0.3) is 0 Å². The van der Waals surface area contributed by atoms with Crippen molar-refractivity contribution < 1.29 is 0 Å². The van der Waals surface area contributed by atoms with Crippen molar-refractivity contribution in [2.75, 3.05) is 5.73 Å². The first-order valence-corrected chi connectivity index (χ1v) is 17.2. The highest BCUT2D eigenvalue weighted by Gasteiger charge is 2.13. The average Bonchev–Trinajstić information content (AvgIpc) is 3.69. The lowest BCUT2D eigenvalue weighted by molar-refractivity contribution is 1.46. The minimum Gasteiger partial charge on any atom is -0.399 e. The van der Waals surface area contributed by atoms with Gasteiger partial charge < -0.3 is 5.73 Å². The predicted molar refractivity (Wildman–Crippen MR) is 206 cm³/mol. The zero-order chi connectivity index (χ0) is 31.7. The summed E-state index contributed by atoms with van der Waals surface area (Å²) < 4.78 is 5.11. The van der Waals surface area contributed by atoms with E-state index in [1.54, 1.807) is 22.7 Å². The van der Waals surface area contributed by atoms with Crippen molar-refractivity contribution >= 4 is 74.4 Å². The zero-order valence-electron chi connectivity index (χ0n) is 25.5. The van der Waals surface area contributed by atoms with E-state index in [2.05, 4.69) is 140 Å². The van der Waals surface area contributed by atoms with Gasteiger partial charge >= 0.3 is 0 Å². The number of nitrogens with two attached hydrogens (primary N) is 1. The van der Waals surface area contributed by atoms with E-state index in [-0.39, 0.29) is 0 Å². The molecule has 0 amide bonds. The third-order valence-electron chi connectivity index (χ3n) is 8.51. The predicted octanol–water partition coefficient (Wildman–Crippen LogP) is 12.4. The van der Waals surface area contributed by atoms with Gasteiger partial charge in [0.2, 0.25) is 0 Å². The first kappa shape index (κ1) is 28.9. The van der Waals surface area contributed by atoms with Crippen LogP contribution >= 0.6 is 22.7 Å². The van der Waals surface area contributed by atoms with Crippen LogP contribution in [0.25, 0.3) is 62.6 Å². The minimum atomic E-state index is 0.546. The number of benzene rings is 7. The summed E-state index contributed by atoms with van der Waals surface area (Å²) in [6.45, 7) is 0. The lowest BCUT2D eigenvalue weighted by Gasteiger charge is -2.12. The van der Waals surface area contributed by atoms with Crippen LogP contribution in [0, 0.1) is 5.41 Å². The second-order valence-electron chi connectivity index (χ2n) is 11.6. The molecule has 9 rings (SSSR count). The van der Waals surface area contributed by atoms with Gasteiger partial charge in [0, 0.05) is 57.2 Å². The van der Waals surface area contributed by atoms with Crippen LogP contribution in [-0.4, -0.2) is 5.71 Å². The Balaban J connectivity index is 0.000000192. The molecule has 0 aliphatic rings. The summed E-state index contributed by atoms with van der Waals surface area (Å²) in [5.74, 6) is 0. The summed E-state index contributed by atoms with van der Waals surface area (Å²) in [7, 11) is 0. The molecule has 0 atom stereocenters. The number of hydrogen-bond acceptors (Lipinski definition) is 4. The Morgan fingerprint density at radius 1 is 0.383 bits per heavy atom. The van der Waals surface area contributed by atoms with Crippen LogP contribution in [0.5, 0.6) is 0 Å². The van der Waals surface area contributed by atoms with Crippen molar-refractivity contribution in [3.63, 3.8) is 0 Å². The van der Waals surface area contributed by atoms with Crippen LogP contribution in [0.1, 0.15) is 11.1 Å². The normalized spacial score (nSPS) is 11.1. The average molecular weight is 639 g/mol. The molecule has 0 bridgehead atoms. The number of thiophene rings is 2. The van der Waals surface area contributed by atoms with Crippen LogP contribution in [-0.2, 0) is 0 Å². The van der Waals surface area contributed by atoms with Gasteiger partial charge in [0.05, 0.1) is 5.71 Å². The number of rotatable bonds is 4. The lowest BCUT2D eigenvalue weighted by Crippen LogP contribution is -2.02. The fourth-order valence-electron chi connectivity index (χ4n) is 6.16. The first-order chi connectivity index (χ1) is 23.1. The van der Waals surface area contributed by atoms with E-state index in [0.717, 1.165) is 39.1 Å². The van der Waals surface area contributed by atoms with Crippen LogP contribution in [0.3, 0.4) is 0 Å². The van der Waals surface area contributed by atoms with E-state index in [9.17, 15) is 0 Å². The summed E-state index contributed by atoms with van der Waals surface area (Å²) in [5, 5.41) is 14.3. The number of fused-ring (bicyclic) bond motifs is 6. The molecule has 2 heterocycles. The van der Waals surface area contributed by atoms with E-state index < -0.39 is 0 Å². The van der Waals surface area contributed by atoms with Gasteiger partial charge in [-0.05, 0) is 70.8 Å². The van der Waals surface area contributed by atoms with E-state index in [1.165, 1.54) is 40.3 Å². The maximum atomic E-state index is 9.10. The monoisotopic (exact) mass is 638 g/mol. The Kier molecular flexibility index (Phi) is 7.58. The second-order valence-corrected chi connectivity index (χ2v) is 13.7. The molecule has 0 saturated carbocycles. The van der Waals surface area contributed by atoms with Crippen molar-refractivity contribution in [2.24, 2.45) is 0 Å². The molecule has 224 valence electrons. The molecule has 0 radical (unpaired) electrons. The third-order valence-corrected chi connectivity index (χ3v) is 10.8. The second kappa shape index (κ2) is 12.3. The molecule has 0 aliphatic carbocycles. The highest BCUT2D eigenvalue weighted by atomic mass is 32.1. The number of nitrogen functional groups attached to an aromatic ring is 1. The first-order valence-electron chi connectivity index (χ1n) is 15.5. The Morgan fingerprint density at radius 2 is 0.851 bits per heavy atom. The molecule has 3 N–H and O–H groups in total. The lowest BCUT2D eigenvalue weighted by atomic mass is 9.92. The van der Waals surface area contributed by atoms with Crippen molar-refractivity contribution in [1.29, 1.82) is 5.41 Å². The van der Waals surface area contributed by atoms with Gasteiger partial charge in [-0.15, -0.1) is 22.7 Å². The third kappa shape index (κ3) is 5.70. The summed E-state index contributed by atoms with van der Waals surface area (Å²) in [4.78, 5) is 0. The SMILES string of the molecule is N=C(c1cc(-c2ccccc2)cc(-c2ccccc2)c1)c1ccc2c(c1)sc1ccccc12.Nc1ccc2c(c1)sc1ccccc12. The smallest absolute Gasteiger partial charge is 0.0685 e. The molecular weight excluding hydrogens is 609 g/mol. The molecule has 0 fully saturated rings. The summed E-state index contributed by atoms with van der Waals surface area (Å²) >= 11 is 3.59. The quantitative estimate of drug-likeness (QED) is 0.146. The fraction of sp³-hybridized carbons (Fsp3) is 0. The molecular formula is C43H30N2S2. The highest BCUT2D eigenvalue weighted by Crippen LogP contribution is 2.36. The molecule has 7 aromatic carbocycles. The zero-order valence-corrected chi connectivity index (χ0v) is 27.1. The maximum Gasteiger partial charge on any atom is 0.0685 e. The van der Waals surface area contributed by atoms with Gasteiger partial charge in [0.15, 0.2) is 0 Å². The molecule has 47 heavy (non-hydrogen) atoms. The van der Waals surface area contributed by atoms with E-state index >= 15 is 0 Å². The number of nitrogens with one attached hydrogen (secondary N) is 1. The summed E-state index contributed by atoms with van der Waals surface area (Å²) in [6.07, 6.45) is 0. The van der Waals surface area contributed by atoms with Crippen LogP contribution in [0.4, 0.5) is 5.69 Å². The number of hydrogen-bond donors (Lipinski definition) is 2. The molecule has 2 aromatic heterocycles. The summed E-state index contributed by atoms with van der Waals surface area (Å²) in [5.41, 5.74) is 13.6. The Morgan fingerprint density at radius 3 is 1.43 bits per heavy atom. The van der Waals surface area contributed by atoms with E-state index in [0.29, 0.717) is 5.71 Å². The van der Waals surface area contributed by atoms with Gasteiger partial charge in [-0.2, -0.15) is 0 Å². The van der Waals surface area contributed by atoms with Gasteiger partial charge in [-0.25, -0.2) is 0 Å². The minimum absolute atomic E-state index is 0.546. The molecule has 0 unspecified atom stereocenters. The molecule has 0 spiro atoms. The standard InChI is InChI=1S/C31H21NS.C12H9NS/c32-31(23-15-16-28-27-13-7-8-14-29(27)33-30(28)20-23)26-18-24(21-9-3-1-4-10-21)17-25(19-26)22-11-5-2-6-12-22;13-8-5-6-10-9-3-1-2-4-11(9)14-12(10)7-8/h1-20,32H;1-7H,13H2.